The molecule has 0 aliphatic carbocycles. The number of carboxylic acid groups (broad SMARTS) is 1. The number of thioether (sulfide) groups is 1. The first-order valence-corrected chi connectivity index (χ1v) is 12.4. The molecule has 0 aliphatic rings. The fraction of sp³-hybridized carbons (Fsp3) is 0.174. The van der Waals surface area contributed by atoms with Crippen molar-refractivity contribution in [3.05, 3.63) is 63.9 Å². The third kappa shape index (κ3) is 4.75. The average molecular weight is 519 g/mol. The van der Waals surface area contributed by atoms with Crippen LogP contribution in [-0.4, -0.2) is 31.1 Å². The first-order valence-electron chi connectivity index (χ1n) is 9.97. The molecular formula is C23H20Cl2N4O2S2. The molecule has 0 bridgehead atoms. The maximum atomic E-state index is 12.3. The number of nitrogens with two attached hydrogens (primary N) is 1. The third-order valence-corrected chi connectivity index (χ3v) is 7.75. The molecule has 6 nitrogen and oxygen atoms in total. The van der Waals surface area contributed by atoms with E-state index in [1.54, 1.807) is 55.1 Å². The van der Waals surface area contributed by atoms with Gasteiger partial charge in [-0.3, -0.25) is 0 Å². The van der Waals surface area contributed by atoms with Gasteiger partial charge in [0.1, 0.15) is 0 Å². The highest BCUT2D eigenvalue weighted by Gasteiger charge is 2.26. The summed E-state index contributed by atoms with van der Waals surface area (Å²) in [5, 5.41) is 16.3. The molecule has 10 heteroatoms. The van der Waals surface area contributed by atoms with Crippen LogP contribution >= 0.6 is 46.3 Å². The molecular weight excluding hydrogens is 499 g/mol. The predicted molar refractivity (Wildman–Crippen MR) is 137 cm³/mol. The summed E-state index contributed by atoms with van der Waals surface area (Å²) in [6.07, 6.45) is 0. The topological polar surface area (TPSA) is 94.0 Å². The second-order valence-corrected chi connectivity index (χ2v) is 11.2. The van der Waals surface area contributed by atoms with Gasteiger partial charge >= 0.3 is 5.97 Å². The van der Waals surface area contributed by atoms with Crippen LogP contribution in [0.4, 0.5) is 5.69 Å². The number of aromatic carboxylic acids is 1. The number of nitrogens with zero attached hydrogens (tertiary/aromatic N) is 3. The zero-order valence-corrected chi connectivity index (χ0v) is 21.1. The van der Waals surface area contributed by atoms with E-state index in [-0.39, 0.29) is 5.69 Å². The van der Waals surface area contributed by atoms with Gasteiger partial charge in [-0.2, -0.15) is 9.78 Å². The largest absolute Gasteiger partial charge is 0.476 e. The number of benzene rings is 2. The molecule has 0 saturated heterocycles. The Hall–Kier alpha value is -2.52. The minimum absolute atomic E-state index is 0.0489. The predicted octanol–water partition coefficient (Wildman–Crippen LogP) is 7.06. The Morgan fingerprint density at radius 1 is 1.12 bits per heavy atom. The van der Waals surface area contributed by atoms with Gasteiger partial charge in [-0.15, -0.1) is 11.8 Å². The van der Waals surface area contributed by atoms with Crippen LogP contribution in [0.5, 0.6) is 0 Å². The van der Waals surface area contributed by atoms with Crippen LogP contribution in [0.2, 0.25) is 10.0 Å². The number of carboxylic acids is 1. The summed E-state index contributed by atoms with van der Waals surface area (Å²) in [6.45, 7) is 5.96. The molecule has 33 heavy (non-hydrogen) atoms. The van der Waals surface area contributed by atoms with Crippen LogP contribution in [0.1, 0.15) is 30.0 Å². The second kappa shape index (κ2) is 9.38. The molecule has 0 saturated carbocycles. The molecule has 0 radical (unpaired) electrons. The zero-order chi connectivity index (χ0) is 23.9. The van der Waals surface area contributed by atoms with Gasteiger partial charge in [0, 0.05) is 22.1 Å². The number of aryl methyl sites for hydroxylation is 1. The van der Waals surface area contributed by atoms with Gasteiger partial charge in [-0.1, -0.05) is 66.6 Å². The van der Waals surface area contributed by atoms with E-state index in [0.29, 0.717) is 43.1 Å². The van der Waals surface area contributed by atoms with Crippen molar-refractivity contribution < 1.29 is 9.90 Å². The number of carbonyl (C=O) groups is 1. The molecule has 2 aromatic carbocycles. The molecule has 0 spiro atoms. The highest BCUT2D eigenvalue weighted by molar-refractivity contribution is 8.01. The summed E-state index contributed by atoms with van der Waals surface area (Å²) in [4.78, 5) is 17.1. The summed E-state index contributed by atoms with van der Waals surface area (Å²) in [7, 11) is 0. The van der Waals surface area contributed by atoms with Gasteiger partial charge in [-0.05, 0) is 36.8 Å². The van der Waals surface area contributed by atoms with Crippen molar-refractivity contribution in [2.75, 3.05) is 5.73 Å². The SMILES string of the molecule is Cc1nn(-c2nc(-c3ccc(Cl)c(Cl)c3)c(SC(C)C)s2)c(C(=O)O)c1-c1ccc(N)cc1. The molecule has 4 aromatic rings. The lowest BCUT2D eigenvalue weighted by atomic mass is 10.0. The summed E-state index contributed by atoms with van der Waals surface area (Å²) < 4.78 is 2.34. The maximum absolute atomic E-state index is 12.3. The number of aromatic nitrogens is 3. The number of hydrogen-bond donors (Lipinski definition) is 2. The van der Waals surface area contributed by atoms with E-state index in [4.69, 9.17) is 33.9 Å². The summed E-state index contributed by atoms with van der Waals surface area (Å²) in [6, 6.07) is 12.4. The van der Waals surface area contributed by atoms with Crippen molar-refractivity contribution in [1.82, 2.24) is 14.8 Å². The number of thiazole rings is 1. The standard InChI is InChI=1S/C23H20Cl2N4O2S2/c1-11(2)32-22-19(14-6-9-16(24)17(25)10-14)27-23(33-22)29-20(21(30)31)18(12(3)28-29)13-4-7-15(26)8-5-13/h4-11H,26H2,1-3H3,(H,30,31). The van der Waals surface area contributed by atoms with Crippen LogP contribution < -0.4 is 5.73 Å². The van der Waals surface area contributed by atoms with Gasteiger partial charge in [-0.25, -0.2) is 9.78 Å². The lowest BCUT2D eigenvalue weighted by Gasteiger charge is -2.05. The van der Waals surface area contributed by atoms with Crippen LogP contribution in [0.15, 0.2) is 46.7 Å². The van der Waals surface area contributed by atoms with E-state index in [2.05, 4.69) is 18.9 Å². The fourth-order valence-electron chi connectivity index (χ4n) is 3.36. The smallest absolute Gasteiger partial charge is 0.355 e. The molecule has 0 atom stereocenters. The molecule has 0 aliphatic heterocycles. The van der Waals surface area contributed by atoms with Gasteiger partial charge in [0.05, 0.1) is 25.6 Å². The van der Waals surface area contributed by atoms with Gasteiger partial charge in [0.15, 0.2) is 5.69 Å². The third-order valence-electron chi connectivity index (χ3n) is 4.76. The van der Waals surface area contributed by atoms with Crippen LogP contribution in [-0.2, 0) is 0 Å². The average Bonchev–Trinajstić information content (AvgIpc) is 3.31. The maximum Gasteiger partial charge on any atom is 0.355 e. The van der Waals surface area contributed by atoms with Gasteiger partial charge in [0.2, 0.25) is 5.13 Å². The Kier molecular flexibility index (Phi) is 6.72. The number of halogens is 2. The minimum atomic E-state index is -1.09. The molecule has 0 unspecified atom stereocenters. The van der Waals surface area contributed by atoms with Crippen molar-refractivity contribution in [3.8, 4) is 27.5 Å². The van der Waals surface area contributed by atoms with E-state index in [0.717, 1.165) is 15.3 Å². The van der Waals surface area contributed by atoms with Gasteiger partial charge in [0.25, 0.3) is 0 Å². The Labute approximate surface area is 209 Å². The van der Waals surface area contributed by atoms with E-state index < -0.39 is 5.97 Å². The van der Waals surface area contributed by atoms with Crippen LogP contribution in [0.25, 0.3) is 27.5 Å². The van der Waals surface area contributed by atoms with Crippen molar-refractivity contribution in [2.45, 2.75) is 30.2 Å². The highest BCUT2D eigenvalue weighted by atomic mass is 35.5. The Bertz CT molecular complexity index is 1350. The monoisotopic (exact) mass is 518 g/mol. The number of nitrogen functional groups attached to an aromatic ring is 1. The highest BCUT2D eigenvalue weighted by Crippen LogP contribution is 2.42. The number of anilines is 1. The lowest BCUT2D eigenvalue weighted by molar-refractivity contribution is 0.0688. The fourth-order valence-corrected chi connectivity index (χ4v) is 6.14. The molecule has 170 valence electrons. The van der Waals surface area contributed by atoms with Crippen LogP contribution in [0, 0.1) is 6.92 Å². The molecule has 0 fully saturated rings. The normalized spacial score (nSPS) is 11.3. The van der Waals surface area contributed by atoms with Gasteiger partial charge < -0.3 is 10.8 Å². The van der Waals surface area contributed by atoms with Crippen LogP contribution in [0.3, 0.4) is 0 Å². The van der Waals surface area contributed by atoms with Crippen molar-refractivity contribution in [1.29, 1.82) is 0 Å². The Morgan fingerprint density at radius 2 is 1.79 bits per heavy atom. The second-order valence-electron chi connectivity index (χ2n) is 7.58. The summed E-state index contributed by atoms with van der Waals surface area (Å²) >= 11 is 15.4. The molecule has 2 aromatic heterocycles. The van der Waals surface area contributed by atoms with E-state index in [9.17, 15) is 9.90 Å². The first-order chi connectivity index (χ1) is 15.7. The molecule has 0 amide bonds. The summed E-state index contributed by atoms with van der Waals surface area (Å²) in [5.74, 6) is -1.09. The van der Waals surface area contributed by atoms with E-state index >= 15 is 0 Å². The first kappa shape index (κ1) is 23.6. The molecule has 4 rings (SSSR count). The molecule has 3 N–H and O–H groups in total. The van der Waals surface area contributed by atoms with Crippen molar-refractivity contribution >= 4 is 58.0 Å². The minimum Gasteiger partial charge on any atom is -0.476 e. The summed E-state index contributed by atoms with van der Waals surface area (Å²) in [5.41, 5.74) is 9.81. The number of rotatable bonds is 6. The van der Waals surface area contributed by atoms with E-state index in [1.807, 2.05) is 6.07 Å². The van der Waals surface area contributed by atoms with E-state index in [1.165, 1.54) is 16.0 Å². The van der Waals surface area contributed by atoms with Crippen molar-refractivity contribution in [3.63, 3.8) is 0 Å². The Morgan fingerprint density at radius 3 is 2.39 bits per heavy atom. The molecule has 2 heterocycles. The quantitative estimate of drug-likeness (QED) is 0.209. The zero-order valence-electron chi connectivity index (χ0n) is 18.0. The van der Waals surface area contributed by atoms with Crippen molar-refractivity contribution in [2.24, 2.45) is 0 Å². The Balaban J connectivity index is 1.91. The number of hydrogen-bond acceptors (Lipinski definition) is 6. The lowest BCUT2D eigenvalue weighted by Crippen LogP contribution is -2.09.